The highest BCUT2D eigenvalue weighted by Gasteiger charge is 2.37. The molecule has 1 unspecified atom stereocenters. The van der Waals surface area contributed by atoms with Gasteiger partial charge in [0.2, 0.25) is 5.91 Å². The van der Waals surface area contributed by atoms with E-state index in [1.165, 1.54) is 12.0 Å². The molecule has 10 nitrogen and oxygen atoms in total. The first-order valence-electron chi connectivity index (χ1n) is 13.8. The van der Waals surface area contributed by atoms with Crippen LogP contribution in [-0.4, -0.2) is 96.2 Å². The summed E-state index contributed by atoms with van der Waals surface area (Å²) in [7, 11) is 3.01. The number of rotatable bonds is 13. The van der Waals surface area contributed by atoms with E-state index >= 15 is 0 Å². The Morgan fingerprint density at radius 3 is 2.52 bits per heavy atom. The van der Waals surface area contributed by atoms with Gasteiger partial charge >= 0.3 is 0 Å². The van der Waals surface area contributed by atoms with E-state index in [1.54, 1.807) is 13.3 Å². The number of benzene rings is 2. The summed E-state index contributed by atoms with van der Waals surface area (Å²) in [5.74, 6) is 0.274. The fourth-order valence-electron chi connectivity index (χ4n) is 4.97. The number of methoxy groups -OCH3 is 2. The maximum atomic E-state index is 13.7. The number of carbonyl (C=O) groups is 1. The fraction of sp³-hybridized carbons (Fsp3) is 0.467. The monoisotopic (exact) mass is 588 g/mol. The summed E-state index contributed by atoms with van der Waals surface area (Å²) >= 11 is 0. The van der Waals surface area contributed by atoms with Crippen LogP contribution in [-0.2, 0) is 22.6 Å². The number of nitrogens with zero attached hydrogens (tertiary/aromatic N) is 4. The highest BCUT2D eigenvalue weighted by molar-refractivity contribution is 5.77. The number of amides is 1. The van der Waals surface area contributed by atoms with Crippen molar-refractivity contribution in [3.05, 3.63) is 71.8 Å². The van der Waals surface area contributed by atoms with Gasteiger partial charge < -0.3 is 33.5 Å². The van der Waals surface area contributed by atoms with Crippen LogP contribution in [0, 0.1) is 18.6 Å². The average molecular weight is 589 g/mol. The molecule has 3 aromatic rings. The Labute approximate surface area is 244 Å². The lowest BCUT2D eigenvalue weighted by Gasteiger charge is -2.33. The topological polar surface area (TPSA) is 98.5 Å². The second-order valence-corrected chi connectivity index (χ2v) is 10.4. The zero-order chi connectivity index (χ0) is 30.1. The van der Waals surface area contributed by atoms with Crippen LogP contribution >= 0.6 is 0 Å². The molecule has 0 spiro atoms. The van der Waals surface area contributed by atoms with Crippen LogP contribution in [0.2, 0.25) is 0 Å². The van der Waals surface area contributed by atoms with Gasteiger partial charge in [-0.1, -0.05) is 6.07 Å². The van der Waals surface area contributed by atoms with E-state index in [-0.39, 0.29) is 38.0 Å². The molecule has 2 aromatic carbocycles. The number of halogens is 2. The molecular formula is C30H38F2N4O6. The number of hydrogen-bond acceptors (Lipinski definition) is 8. The molecule has 2 heterocycles. The van der Waals surface area contributed by atoms with E-state index in [4.69, 9.17) is 18.9 Å². The van der Waals surface area contributed by atoms with Crippen LogP contribution in [0.4, 0.5) is 8.78 Å². The van der Waals surface area contributed by atoms with Gasteiger partial charge in [-0.2, -0.15) is 0 Å². The molecule has 0 bridgehead atoms. The highest BCUT2D eigenvalue weighted by Crippen LogP contribution is 2.29. The number of carbonyl (C=O) groups excluding carboxylic acids is 1. The maximum Gasteiger partial charge on any atom is 0.248 e. The summed E-state index contributed by atoms with van der Waals surface area (Å²) in [5.41, 5.74) is -0.607. The number of aromatic nitrogens is 2. The minimum absolute atomic E-state index is 0.0296. The second-order valence-electron chi connectivity index (χ2n) is 10.4. The Balaban J connectivity index is 1.42. The molecule has 228 valence electrons. The maximum absolute atomic E-state index is 13.7. The van der Waals surface area contributed by atoms with Crippen molar-refractivity contribution in [2.24, 2.45) is 0 Å². The lowest BCUT2D eigenvalue weighted by atomic mass is 10.0. The van der Waals surface area contributed by atoms with Crippen molar-refractivity contribution in [1.29, 1.82) is 0 Å². The molecule has 42 heavy (non-hydrogen) atoms. The van der Waals surface area contributed by atoms with Crippen molar-refractivity contribution in [2.75, 3.05) is 60.2 Å². The van der Waals surface area contributed by atoms with Crippen molar-refractivity contribution in [1.82, 2.24) is 19.4 Å². The first-order valence-corrected chi connectivity index (χ1v) is 13.8. The summed E-state index contributed by atoms with van der Waals surface area (Å²) < 4.78 is 51.6. The van der Waals surface area contributed by atoms with Crippen LogP contribution in [0.1, 0.15) is 17.8 Å². The van der Waals surface area contributed by atoms with Gasteiger partial charge in [-0.15, -0.1) is 0 Å². The number of hydrogen-bond donors (Lipinski definition) is 1. The third kappa shape index (κ3) is 8.63. The summed E-state index contributed by atoms with van der Waals surface area (Å²) in [6, 6.07) is 8.51. The van der Waals surface area contributed by atoms with Crippen molar-refractivity contribution in [3.8, 4) is 17.2 Å². The summed E-state index contributed by atoms with van der Waals surface area (Å²) in [4.78, 5) is 20.4. The molecule has 0 radical (unpaired) electrons. The van der Waals surface area contributed by atoms with E-state index < -0.39 is 17.2 Å². The van der Waals surface area contributed by atoms with Crippen molar-refractivity contribution < 1.29 is 37.6 Å². The molecule has 12 heteroatoms. The largest absolute Gasteiger partial charge is 0.493 e. The van der Waals surface area contributed by atoms with Crippen molar-refractivity contribution in [2.45, 2.75) is 32.0 Å². The number of aryl methyl sites for hydroxylation is 2. The van der Waals surface area contributed by atoms with Crippen molar-refractivity contribution in [3.63, 3.8) is 0 Å². The minimum atomic E-state index is -1.52. The standard InChI is InChI=1S/C30H38F2N4O6/c1-22-33-7-9-35(22)8-4-12-41-27-6-5-23(13-28(27)40-3)17-34-10-11-36(29(37)18-39-2)20-30(38,19-34)21-42-26-15-24(31)14-25(32)16-26/h5-7,9,13-16,38H,4,8,10-12,17-21H2,1-3H3. The summed E-state index contributed by atoms with van der Waals surface area (Å²) in [6.45, 7) is 4.24. The third-order valence-corrected chi connectivity index (χ3v) is 7.01. The van der Waals surface area contributed by atoms with E-state index in [0.717, 1.165) is 42.6 Å². The summed E-state index contributed by atoms with van der Waals surface area (Å²) in [5, 5.41) is 11.6. The first-order chi connectivity index (χ1) is 20.2. The van der Waals surface area contributed by atoms with Crippen LogP contribution in [0.25, 0.3) is 0 Å². The molecule has 1 amide bonds. The van der Waals surface area contributed by atoms with Gasteiger partial charge in [-0.25, -0.2) is 13.8 Å². The Hall–Kier alpha value is -3.74. The zero-order valence-corrected chi connectivity index (χ0v) is 24.2. The van der Waals surface area contributed by atoms with Crippen molar-refractivity contribution >= 4 is 5.91 Å². The number of ether oxygens (including phenoxy) is 4. The number of aliphatic hydroxyl groups is 1. The molecule has 4 rings (SSSR count). The molecule has 1 aromatic heterocycles. The number of β-amino-alcohol motifs (C(OH)–C–C–N with tert-alkyl or cyclic N) is 1. The lowest BCUT2D eigenvalue weighted by molar-refractivity contribution is -0.138. The molecule has 0 saturated carbocycles. The summed E-state index contributed by atoms with van der Waals surface area (Å²) in [6.07, 6.45) is 4.52. The van der Waals surface area contributed by atoms with Crippen LogP contribution in [0.3, 0.4) is 0 Å². The van der Waals surface area contributed by atoms with Gasteiger partial charge in [0.15, 0.2) is 11.5 Å². The van der Waals surface area contributed by atoms with E-state index in [0.29, 0.717) is 37.7 Å². The van der Waals surface area contributed by atoms with Crippen LogP contribution < -0.4 is 14.2 Å². The fourth-order valence-corrected chi connectivity index (χ4v) is 4.97. The van der Waals surface area contributed by atoms with Gasteiger partial charge in [0.25, 0.3) is 0 Å². The SMILES string of the molecule is COCC(=O)N1CCN(Cc2ccc(OCCCn3ccnc3C)c(OC)c2)CC(O)(COc2cc(F)cc(F)c2)C1. The molecular weight excluding hydrogens is 550 g/mol. The van der Waals surface area contributed by atoms with E-state index in [9.17, 15) is 18.7 Å². The minimum Gasteiger partial charge on any atom is -0.493 e. The zero-order valence-electron chi connectivity index (χ0n) is 24.2. The Morgan fingerprint density at radius 2 is 1.83 bits per heavy atom. The quantitative estimate of drug-likeness (QED) is 0.305. The van der Waals surface area contributed by atoms with E-state index in [2.05, 4.69) is 9.55 Å². The van der Waals surface area contributed by atoms with Gasteiger partial charge in [0, 0.05) is 70.4 Å². The van der Waals surface area contributed by atoms with Crippen LogP contribution in [0.15, 0.2) is 48.8 Å². The molecule has 1 fully saturated rings. The third-order valence-electron chi connectivity index (χ3n) is 7.01. The highest BCUT2D eigenvalue weighted by atomic mass is 19.1. The first kappa shape index (κ1) is 31.2. The molecule has 1 saturated heterocycles. The molecule has 1 aliphatic heterocycles. The molecule has 0 aliphatic carbocycles. The van der Waals surface area contributed by atoms with Gasteiger partial charge in [-0.05, 0) is 31.0 Å². The predicted molar refractivity (Wildman–Crippen MR) is 151 cm³/mol. The average Bonchev–Trinajstić information content (AvgIpc) is 3.28. The normalized spacial score (nSPS) is 17.6. The van der Waals surface area contributed by atoms with Gasteiger partial charge in [0.05, 0.1) is 20.3 Å². The predicted octanol–water partition coefficient (Wildman–Crippen LogP) is 3.05. The lowest BCUT2D eigenvalue weighted by Crippen LogP contribution is -2.52. The molecule has 1 N–H and O–H groups in total. The molecule has 1 aliphatic rings. The van der Waals surface area contributed by atoms with Gasteiger partial charge in [-0.3, -0.25) is 9.69 Å². The molecule has 1 atom stereocenters. The Morgan fingerprint density at radius 1 is 1.05 bits per heavy atom. The Kier molecular flexibility index (Phi) is 10.7. The number of imidazole rings is 1. The smallest absolute Gasteiger partial charge is 0.248 e. The van der Waals surface area contributed by atoms with Gasteiger partial charge in [0.1, 0.15) is 42.0 Å². The van der Waals surface area contributed by atoms with E-state index in [1.807, 2.05) is 36.2 Å². The second kappa shape index (κ2) is 14.4. The van der Waals surface area contributed by atoms with Crippen LogP contribution in [0.5, 0.6) is 17.2 Å². The Bertz CT molecular complexity index is 1320.